The van der Waals surface area contributed by atoms with Crippen molar-refractivity contribution < 1.29 is 32.9 Å². The zero-order valence-electron chi connectivity index (χ0n) is 43.7. The van der Waals surface area contributed by atoms with Crippen molar-refractivity contribution in [3.63, 3.8) is 0 Å². The van der Waals surface area contributed by atoms with Crippen LogP contribution in [0.25, 0.3) is 0 Å². The molecule has 0 saturated heterocycles. The molecule has 0 saturated carbocycles. The van der Waals surface area contributed by atoms with E-state index in [0.717, 1.165) is 116 Å². The Balaban J connectivity index is 4.18. The maximum absolute atomic E-state index is 12.9. The first-order valence-electron chi connectivity index (χ1n) is 26.5. The van der Waals surface area contributed by atoms with Gasteiger partial charge in [0.25, 0.3) is 7.82 Å². The monoisotopic (exact) mass is 963 g/mol. The van der Waals surface area contributed by atoms with Crippen molar-refractivity contribution in [2.45, 2.75) is 193 Å². The molecular weight excluding hydrogens is 864 g/mol. The molecule has 0 heterocycles. The molecule has 0 aliphatic carbocycles. The highest BCUT2D eigenvalue weighted by molar-refractivity contribution is 7.45. The number of allylic oxidation sites excluding steroid dienone is 22. The number of carbonyl (C=O) groups is 1. The minimum atomic E-state index is -4.58. The minimum Gasteiger partial charge on any atom is -0.756 e. The quantitative estimate of drug-likeness (QED) is 0.0272. The second kappa shape index (κ2) is 48.7. The fourth-order valence-electron chi connectivity index (χ4n) is 6.75. The molecule has 3 unspecified atom stereocenters. The van der Waals surface area contributed by atoms with Crippen LogP contribution < -0.4 is 10.2 Å². The standard InChI is InChI=1S/C59H99N2O6P/c1-6-8-10-12-14-16-17-18-19-20-21-22-23-24-25-26-27-28-29-30-31-32-33-34-35-36-37-38-39-40-41-42-43-45-47-49-51-53-59(63)60-57(56-67-68(64,65)66-55-54-61(3,4)5)58(62)52-50-48-46-44-15-13-11-9-7-2/h8,10,14,16,18-19,21-22,24-25,27-28,30-31,33-34,36-37,39-40,42-43,57-58,62H,6-7,9,11-13,15,17,20,23,26,29,32,35,38,41,44-56H2,1-5H3,(H-,60,63,64,65)/b10-8-,16-14-,19-18-,22-21-,25-24-,28-27-,31-30-,34-33-,37-36-,40-39-,43-42-. The molecule has 1 amide bonds. The van der Waals surface area contributed by atoms with E-state index >= 15 is 0 Å². The van der Waals surface area contributed by atoms with Gasteiger partial charge in [0.15, 0.2) is 0 Å². The van der Waals surface area contributed by atoms with Crippen LogP contribution in [0.5, 0.6) is 0 Å². The van der Waals surface area contributed by atoms with E-state index in [1.165, 1.54) is 38.5 Å². The summed E-state index contributed by atoms with van der Waals surface area (Å²) in [6, 6.07) is -0.826. The zero-order valence-corrected chi connectivity index (χ0v) is 44.6. The number of aliphatic hydroxyl groups excluding tert-OH is 1. The van der Waals surface area contributed by atoms with E-state index in [1.54, 1.807) is 0 Å². The molecule has 0 spiro atoms. The van der Waals surface area contributed by atoms with Crippen LogP contribution in [0.1, 0.15) is 181 Å². The van der Waals surface area contributed by atoms with E-state index in [1.807, 2.05) is 21.1 Å². The number of carbonyl (C=O) groups excluding carboxylic acids is 1. The lowest BCUT2D eigenvalue weighted by Crippen LogP contribution is -2.46. The Bertz CT molecular complexity index is 1560. The number of hydrogen-bond acceptors (Lipinski definition) is 6. The largest absolute Gasteiger partial charge is 0.756 e. The SMILES string of the molecule is CC/C=C\C/C=C\C/C=C\C/C=C\C/C=C\C/C=C\C/C=C\C/C=C\C/C=C\C/C=C\C/C=C\CCCCCC(=O)NC(COP(=O)([O-])OCC[N+](C)(C)C)C(O)CCCCCCCCCCC. The number of likely N-dealkylation sites (N-methyl/N-ethyl adjacent to an activating group) is 1. The second-order valence-corrected chi connectivity index (χ2v) is 19.9. The summed E-state index contributed by atoms with van der Waals surface area (Å²) in [5.41, 5.74) is 0. The van der Waals surface area contributed by atoms with Gasteiger partial charge >= 0.3 is 0 Å². The fourth-order valence-corrected chi connectivity index (χ4v) is 7.47. The summed E-state index contributed by atoms with van der Waals surface area (Å²) < 4.78 is 23.2. The first kappa shape index (κ1) is 64.6. The Morgan fingerprint density at radius 1 is 0.529 bits per heavy atom. The average molecular weight is 963 g/mol. The molecule has 68 heavy (non-hydrogen) atoms. The number of rotatable bonds is 46. The molecule has 8 nitrogen and oxygen atoms in total. The highest BCUT2D eigenvalue weighted by atomic mass is 31.2. The van der Waals surface area contributed by atoms with Crippen molar-refractivity contribution in [1.82, 2.24) is 5.32 Å². The molecule has 0 rings (SSSR count). The van der Waals surface area contributed by atoms with E-state index in [9.17, 15) is 19.4 Å². The molecule has 3 atom stereocenters. The van der Waals surface area contributed by atoms with E-state index in [0.29, 0.717) is 23.9 Å². The van der Waals surface area contributed by atoms with Gasteiger partial charge in [-0.3, -0.25) is 9.36 Å². The van der Waals surface area contributed by atoms with Gasteiger partial charge in [-0.2, -0.15) is 0 Å². The predicted molar refractivity (Wildman–Crippen MR) is 292 cm³/mol. The van der Waals surface area contributed by atoms with E-state index < -0.39 is 20.0 Å². The van der Waals surface area contributed by atoms with Gasteiger partial charge in [0, 0.05) is 6.42 Å². The number of nitrogens with one attached hydrogen (secondary N) is 1. The molecule has 0 fully saturated rings. The Kier molecular flexibility index (Phi) is 46.3. The summed E-state index contributed by atoms with van der Waals surface area (Å²) in [5, 5.41) is 13.8. The third-order valence-electron chi connectivity index (χ3n) is 10.9. The van der Waals surface area contributed by atoms with Crippen molar-refractivity contribution >= 4 is 13.7 Å². The number of phosphoric acid groups is 1. The highest BCUT2D eigenvalue weighted by Gasteiger charge is 2.24. The fraction of sp³-hybridized carbons (Fsp3) is 0.610. The maximum Gasteiger partial charge on any atom is 0.268 e. The summed E-state index contributed by atoms with van der Waals surface area (Å²) in [4.78, 5) is 25.3. The van der Waals surface area contributed by atoms with Crippen molar-refractivity contribution in [1.29, 1.82) is 0 Å². The molecule has 0 aliphatic rings. The maximum atomic E-state index is 12.9. The third kappa shape index (κ3) is 50.5. The number of aliphatic hydroxyl groups is 1. The Hall–Kier alpha value is -3.36. The van der Waals surface area contributed by atoms with Crippen molar-refractivity contribution in [2.75, 3.05) is 40.9 Å². The van der Waals surface area contributed by atoms with Crippen LogP contribution in [0.4, 0.5) is 0 Å². The summed E-state index contributed by atoms with van der Waals surface area (Å²) in [7, 11) is 1.26. The Labute approximate surface area is 417 Å². The van der Waals surface area contributed by atoms with Gasteiger partial charge in [-0.05, 0) is 96.3 Å². The average Bonchev–Trinajstić information content (AvgIpc) is 3.30. The van der Waals surface area contributed by atoms with Crippen LogP contribution in [0.15, 0.2) is 134 Å². The lowest BCUT2D eigenvalue weighted by Gasteiger charge is -2.30. The van der Waals surface area contributed by atoms with Crippen LogP contribution in [0.3, 0.4) is 0 Å². The molecule has 0 aromatic carbocycles. The van der Waals surface area contributed by atoms with E-state index in [2.05, 4.69) is 153 Å². The van der Waals surface area contributed by atoms with E-state index in [4.69, 9.17) is 9.05 Å². The number of amides is 1. The van der Waals surface area contributed by atoms with Gasteiger partial charge in [-0.1, -0.05) is 212 Å². The smallest absolute Gasteiger partial charge is 0.268 e. The summed E-state index contributed by atoms with van der Waals surface area (Å²) in [6.07, 6.45) is 73.5. The van der Waals surface area contributed by atoms with Crippen LogP contribution in [-0.2, 0) is 18.4 Å². The molecule has 0 radical (unpaired) electrons. The van der Waals surface area contributed by atoms with Gasteiger partial charge in [-0.25, -0.2) is 0 Å². The molecule has 0 bridgehead atoms. The van der Waals surface area contributed by atoms with Crippen molar-refractivity contribution in [3.05, 3.63) is 134 Å². The second-order valence-electron chi connectivity index (χ2n) is 18.5. The zero-order chi connectivity index (χ0) is 49.9. The number of quaternary nitrogens is 1. The number of phosphoric ester groups is 1. The van der Waals surface area contributed by atoms with Crippen LogP contribution >= 0.6 is 7.82 Å². The molecular formula is C59H99N2O6P. The van der Waals surface area contributed by atoms with Crippen molar-refractivity contribution in [2.24, 2.45) is 0 Å². The lowest BCUT2D eigenvalue weighted by atomic mass is 10.0. The molecule has 386 valence electrons. The lowest BCUT2D eigenvalue weighted by molar-refractivity contribution is -0.870. The summed E-state index contributed by atoms with van der Waals surface area (Å²) in [6.45, 7) is 4.52. The normalized spacial score (nSPS) is 15.1. The molecule has 0 aromatic rings. The molecule has 0 aliphatic heterocycles. The van der Waals surface area contributed by atoms with Crippen LogP contribution in [0.2, 0.25) is 0 Å². The molecule has 9 heteroatoms. The summed E-state index contributed by atoms with van der Waals surface area (Å²) >= 11 is 0. The van der Waals surface area contributed by atoms with Crippen LogP contribution in [0, 0.1) is 0 Å². The topological polar surface area (TPSA) is 108 Å². The Morgan fingerprint density at radius 2 is 0.897 bits per heavy atom. The minimum absolute atomic E-state index is 0.00238. The molecule has 0 aromatic heterocycles. The molecule has 2 N–H and O–H groups in total. The van der Waals surface area contributed by atoms with Gasteiger partial charge < -0.3 is 28.8 Å². The van der Waals surface area contributed by atoms with Gasteiger partial charge in [0.05, 0.1) is 39.9 Å². The van der Waals surface area contributed by atoms with Gasteiger partial charge in [-0.15, -0.1) is 0 Å². The third-order valence-corrected chi connectivity index (χ3v) is 11.9. The number of nitrogens with zero attached hydrogens (tertiary/aromatic N) is 1. The summed E-state index contributed by atoms with van der Waals surface area (Å²) in [5.74, 6) is -0.206. The van der Waals surface area contributed by atoms with Gasteiger partial charge in [0.1, 0.15) is 13.2 Å². The van der Waals surface area contributed by atoms with Crippen molar-refractivity contribution in [3.8, 4) is 0 Å². The predicted octanol–water partition coefficient (Wildman–Crippen LogP) is 15.3. The first-order valence-corrected chi connectivity index (χ1v) is 28.0. The van der Waals surface area contributed by atoms with Crippen LogP contribution in [-0.4, -0.2) is 68.5 Å². The Morgan fingerprint density at radius 3 is 1.29 bits per heavy atom. The van der Waals surface area contributed by atoms with E-state index in [-0.39, 0.29) is 19.1 Å². The number of unbranched alkanes of at least 4 members (excludes halogenated alkanes) is 11. The van der Waals surface area contributed by atoms with Gasteiger partial charge in [0.2, 0.25) is 5.91 Å². The number of hydrogen-bond donors (Lipinski definition) is 2. The first-order chi connectivity index (χ1) is 33.0. The highest BCUT2D eigenvalue weighted by Crippen LogP contribution is 2.38.